The Balaban J connectivity index is 1.34. The van der Waals surface area contributed by atoms with Gasteiger partial charge in [0.1, 0.15) is 30.5 Å². The van der Waals surface area contributed by atoms with Gasteiger partial charge < -0.3 is 15.0 Å². The predicted molar refractivity (Wildman–Crippen MR) is 104 cm³/mol. The normalized spacial score (nSPS) is 14.7. The fourth-order valence-corrected chi connectivity index (χ4v) is 3.33. The van der Waals surface area contributed by atoms with Crippen LogP contribution < -0.4 is 15.0 Å². The molecule has 0 saturated carbocycles. The van der Waals surface area contributed by atoms with Crippen LogP contribution in [0.2, 0.25) is 0 Å². The lowest BCUT2D eigenvalue weighted by Gasteiger charge is -2.32. The van der Waals surface area contributed by atoms with Crippen LogP contribution in [0.3, 0.4) is 0 Å². The average molecular weight is 415 g/mol. The van der Waals surface area contributed by atoms with Crippen LogP contribution >= 0.6 is 0 Å². The first kappa shape index (κ1) is 19.7. The Hall–Kier alpha value is -3.63. The van der Waals surface area contributed by atoms with E-state index in [2.05, 4.69) is 35.0 Å². The first-order valence-electron chi connectivity index (χ1n) is 9.36. The Bertz CT molecular complexity index is 992. The number of carbonyl (C=O) groups excluding carboxylic acids is 1. The smallest absolute Gasteiger partial charge is 0.387 e. The molecule has 9 nitrogen and oxygen atoms in total. The molecular formula is C19H19F2N7O2. The lowest BCUT2D eigenvalue weighted by Crippen LogP contribution is -2.38. The highest BCUT2D eigenvalue weighted by atomic mass is 19.3. The maximum absolute atomic E-state index is 12.6. The van der Waals surface area contributed by atoms with Gasteiger partial charge in [-0.2, -0.15) is 13.9 Å². The van der Waals surface area contributed by atoms with Crippen molar-refractivity contribution in [2.45, 2.75) is 19.5 Å². The molecule has 4 rings (SSSR count). The zero-order valence-corrected chi connectivity index (χ0v) is 15.9. The van der Waals surface area contributed by atoms with Crippen LogP contribution in [0.4, 0.5) is 20.3 Å². The fourth-order valence-electron chi connectivity index (χ4n) is 3.33. The summed E-state index contributed by atoms with van der Waals surface area (Å²) in [6, 6.07) is 7.81. The van der Waals surface area contributed by atoms with Gasteiger partial charge in [-0.05, 0) is 25.0 Å². The van der Waals surface area contributed by atoms with Crippen molar-refractivity contribution >= 4 is 17.4 Å². The second-order valence-electron chi connectivity index (χ2n) is 6.73. The van der Waals surface area contributed by atoms with Crippen molar-refractivity contribution in [1.29, 1.82) is 0 Å². The Morgan fingerprint density at radius 2 is 1.93 bits per heavy atom. The Kier molecular flexibility index (Phi) is 5.77. The Labute approximate surface area is 170 Å². The van der Waals surface area contributed by atoms with Crippen molar-refractivity contribution in [3.8, 4) is 11.6 Å². The van der Waals surface area contributed by atoms with Crippen molar-refractivity contribution in [2.75, 3.05) is 23.3 Å². The molecule has 30 heavy (non-hydrogen) atoms. The third kappa shape index (κ3) is 4.67. The third-order valence-electron chi connectivity index (χ3n) is 4.81. The molecule has 0 bridgehead atoms. The number of rotatable bonds is 6. The van der Waals surface area contributed by atoms with Gasteiger partial charge in [0.2, 0.25) is 5.91 Å². The molecule has 156 valence electrons. The summed E-state index contributed by atoms with van der Waals surface area (Å²) >= 11 is 0. The first-order chi connectivity index (χ1) is 14.6. The molecule has 0 atom stereocenters. The summed E-state index contributed by atoms with van der Waals surface area (Å²) in [5.41, 5.74) is 0.425. The lowest BCUT2D eigenvalue weighted by molar-refractivity contribution is -0.120. The fraction of sp³-hybridized carbons (Fsp3) is 0.316. The lowest BCUT2D eigenvalue weighted by atomic mass is 9.96. The van der Waals surface area contributed by atoms with Crippen LogP contribution in [0.15, 0.2) is 49.3 Å². The molecule has 1 aliphatic heterocycles. The maximum Gasteiger partial charge on any atom is 0.387 e. The van der Waals surface area contributed by atoms with Gasteiger partial charge >= 0.3 is 6.61 Å². The van der Waals surface area contributed by atoms with E-state index in [4.69, 9.17) is 0 Å². The second-order valence-corrected chi connectivity index (χ2v) is 6.73. The van der Waals surface area contributed by atoms with E-state index in [1.54, 1.807) is 23.1 Å². The van der Waals surface area contributed by atoms with E-state index in [-0.39, 0.29) is 17.6 Å². The van der Waals surface area contributed by atoms with E-state index in [1.807, 2.05) is 6.07 Å². The SMILES string of the molecule is O=C(Nc1cccc(OC(F)F)c1)C1CCN(c2cc(-n3cncn3)ncn2)CC1. The number of hydrogen-bond acceptors (Lipinski definition) is 7. The summed E-state index contributed by atoms with van der Waals surface area (Å²) < 4.78 is 30.6. The molecule has 3 aromatic rings. The van der Waals surface area contributed by atoms with Gasteiger partial charge in [-0.15, -0.1) is 0 Å². The molecule has 1 fully saturated rings. The zero-order valence-electron chi connectivity index (χ0n) is 15.9. The molecule has 11 heteroatoms. The second kappa shape index (κ2) is 8.80. The van der Waals surface area contributed by atoms with E-state index < -0.39 is 6.61 Å². The minimum Gasteiger partial charge on any atom is -0.435 e. The van der Waals surface area contributed by atoms with Crippen LogP contribution in [0.25, 0.3) is 5.82 Å². The topological polar surface area (TPSA) is 98.1 Å². The van der Waals surface area contributed by atoms with Crippen LogP contribution in [-0.2, 0) is 4.79 Å². The number of anilines is 2. The average Bonchev–Trinajstić information content (AvgIpc) is 3.29. The molecule has 1 aromatic carbocycles. The van der Waals surface area contributed by atoms with Gasteiger partial charge in [0.15, 0.2) is 5.82 Å². The highest BCUT2D eigenvalue weighted by Gasteiger charge is 2.26. The largest absolute Gasteiger partial charge is 0.435 e. The molecule has 1 aliphatic rings. The Morgan fingerprint density at radius 1 is 1.13 bits per heavy atom. The molecular weight excluding hydrogens is 396 g/mol. The number of hydrogen-bond donors (Lipinski definition) is 1. The van der Waals surface area contributed by atoms with Crippen molar-refractivity contribution in [1.82, 2.24) is 24.7 Å². The van der Waals surface area contributed by atoms with Crippen molar-refractivity contribution in [3.63, 3.8) is 0 Å². The van der Waals surface area contributed by atoms with E-state index in [0.717, 1.165) is 5.82 Å². The standard InChI is InChI=1S/C19H19F2N7O2/c20-19(21)30-15-3-1-2-14(8-15)26-18(29)13-4-6-27(7-5-13)16-9-17(24-11-23-16)28-12-22-10-25-28/h1-3,8-13,19H,4-7H2,(H,26,29). The van der Waals surface area contributed by atoms with Gasteiger partial charge in [-0.25, -0.2) is 19.6 Å². The highest BCUT2D eigenvalue weighted by molar-refractivity contribution is 5.92. The number of piperidine rings is 1. The molecule has 0 unspecified atom stereocenters. The van der Waals surface area contributed by atoms with Gasteiger partial charge in [0.05, 0.1) is 0 Å². The van der Waals surface area contributed by atoms with E-state index in [1.165, 1.54) is 24.8 Å². The molecule has 2 aromatic heterocycles. The molecule has 1 N–H and O–H groups in total. The molecule has 0 radical (unpaired) electrons. The number of amides is 1. The molecule has 0 aliphatic carbocycles. The number of halogens is 2. The van der Waals surface area contributed by atoms with E-state index >= 15 is 0 Å². The van der Waals surface area contributed by atoms with Gasteiger partial charge in [-0.1, -0.05) is 6.07 Å². The number of benzene rings is 1. The quantitative estimate of drug-likeness (QED) is 0.661. The predicted octanol–water partition coefficient (Wildman–Crippen LogP) is 2.51. The summed E-state index contributed by atoms with van der Waals surface area (Å²) in [5, 5.41) is 6.84. The number of nitrogens with one attached hydrogen (secondary N) is 1. The minimum atomic E-state index is -2.91. The van der Waals surface area contributed by atoms with Crippen LogP contribution in [0.1, 0.15) is 12.8 Å². The number of aromatic nitrogens is 5. The van der Waals surface area contributed by atoms with Crippen LogP contribution in [0, 0.1) is 5.92 Å². The first-order valence-corrected chi connectivity index (χ1v) is 9.36. The van der Waals surface area contributed by atoms with Crippen LogP contribution in [-0.4, -0.2) is 50.3 Å². The van der Waals surface area contributed by atoms with Crippen LogP contribution in [0.5, 0.6) is 5.75 Å². The molecule has 1 saturated heterocycles. The summed E-state index contributed by atoms with van der Waals surface area (Å²) in [5.74, 6) is 1.05. The number of ether oxygens (including phenoxy) is 1. The monoisotopic (exact) mass is 415 g/mol. The van der Waals surface area contributed by atoms with E-state index in [0.29, 0.717) is 37.4 Å². The highest BCUT2D eigenvalue weighted by Crippen LogP contribution is 2.25. The summed E-state index contributed by atoms with van der Waals surface area (Å²) in [7, 11) is 0. The van der Waals surface area contributed by atoms with Crippen molar-refractivity contribution < 1.29 is 18.3 Å². The number of alkyl halides is 2. The Morgan fingerprint density at radius 3 is 2.67 bits per heavy atom. The summed E-state index contributed by atoms with van der Waals surface area (Å²) in [6.45, 7) is -1.60. The maximum atomic E-state index is 12.6. The number of carbonyl (C=O) groups is 1. The molecule has 1 amide bonds. The van der Waals surface area contributed by atoms with Gasteiger partial charge in [0, 0.05) is 36.8 Å². The minimum absolute atomic E-state index is 0.00423. The van der Waals surface area contributed by atoms with Gasteiger partial charge in [0.25, 0.3) is 0 Å². The van der Waals surface area contributed by atoms with E-state index in [9.17, 15) is 13.6 Å². The van der Waals surface area contributed by atoms with Gasteiger partial charge in [-0.3, -0.25) is 4.79 Å². The molecule has 3 heterocycles. The van der Waals surface area contributed by atoms with Crippen molar-refractivity contribution in [2.24, 2.45) is 5.92 Å². The number of nitrogens with zero attached hydrogens (tertiary/aromatic N) is 6. The summed E-state index contributed by atoms with van der Waals surface area (Å²) in [4.78, 5) is 27.1. The molecule has 0 spiro atoms. The van der Waals surface area contributed by atoms with Crippen molar-refractivity contribution in [3.05, 3.63) is 49.3 Å². The zero-order chi connectivity index (χ0) is 20.9. The summed E-state index contributed by atoms with van der Waals surface area (Å²) in [6.07, 6.45) is 5.74. The third-order valence-corrected chi connectivity index (χ3v) is 4.81.